The summed E-state index contributed by atoms with van der Waals surface area (Å²) in [7, 11) is 0. The smallest absolute Gasteiger partial charge is 0.338 e. The summed E-state index contributed by atoms with van der Waals surface area (Å²) in [6.45, 7) is 9.22. The molecule has 1 aliphatic heterocycles. The van der Waals surface area contributed by atoms with E-state index in [-0.39, 0.29) is 34.6 Å². The van der Waals surface area contributed by atoms with Crippen LogP contribution in [0.15, 0.2) is 58.1 Å². The molecule has 2 N–H and O–H groups in total. The van der Waals surface area contributed by atoms with Crippen molar-refractivity contribution >= 4 is 17.7 Å². The Bertz CT molecular complexity index is 1270. The lowest BCUT2D eigenvalue weighted by Crippen LogP contribution is -2.28. The second-order valence-electron chi connectivity index (χ2n) is 8.15. The van der Waals surface area contributed by atoms with Crippen molar-refractivity contribution in [1.29, 1.82) is 10.5 Å². The summed E-state index contributed by atoms with van der Waals surface area (Å²) in [5, 5.41) is 20.1. The molecule has 0 saturated carbocycles. The molecule has 1 aromatic heterocycles. The van der Waals surface area contributed by atoms with E-state index in [1.54, 1.807) is 13.8 Å². The van der Waals surface area contributed by atoms with Crippen molar-refractivity contribution in [1.82, 2.24) is 4.98 Å². The number of nitriles is 2. The minimum atomic E-state index is -0.730. The zero-order valence-corrected chi connectivity index (χ0v) is 20.6. The van der Waals surface area contributed by atoms with Gasteiger partial charge in [0.15, 0.2) is 0 Å². The first-order valence-electron chi connectivity index (χ1n) is 10.8. The van der Waals surface area contributed by atoms with Gasteiger partial charge in [-0.25, -0.2) is 9.78 Å². The van der Waals surface area contributed by atoms with E-state index in [0.717, 1.165) is 22.4 Å². The van der Waals surface area contributed by atoms with Crippen molar-refractivity contribution in [3.8, 4) is 12.1 Å². The molecular weight excluding hydrogens is 448 g/mol. The van der Waals surface area contributed by atoms with Crippen LogP contribution >= 0.6 is 11.8 Å². The van der Waals surface area contributed by atoms with Gasteiger partial charge < -0.3 is 15.2 Å². The number of nitrogens with two attached hydrogens (primary N) is 1. The molecule has 8 heteroatoms. The van der Waals surface area contributed by atoms with Gasteiger partial charge in [-0.15, -0.1) is 0 Å². The number of nitrogens with zero attached hydrogens (tertiary/aromatic N) is 3. The van der Waals surface area contributed by atoms with Crippen LogP contribution in [0.3, 0.4) is 0 Å². The monoisotopic (exact) mass is 474 g/mol. The van der Waals surface area contributed by atoms with Crippen LogP contribution in [-0.2, 0) is 14.3 Å². The Morgan fingerprint density at radius 1 is 1.18 bits per heavy atom. The molecule has 1 aromatic carbocycles. The van der Waals surface area contributed by atoms with Crippen LogP contribution in [-0.4, -0.2) is 22.8 Å². The van der Waals surface area contributed by atoms with Gasteiger partial charge in [0, 0.05) is 5.69 Å². The number of hydrogen-bond acceptors (Lipinski definition) is 8. The summed E-state index contributed by atoms with van der Waals surface area (Å²) in [5.41, 5.74) is 10.4. The van der Waals surface area contributed by atoms with Crippen LogP contribution in [0, 0.1) is 43.4 Å². The lowest BCUT2D eigenvalue weighted by molar-refractivity contribution is -0.143. The Balaban J connectivity index is 2.12. The molecule has 0 fully saturated rings. The largest absolute Gasteiger partial charge is 0.459 e. The molecule has 0 aliphatic carbocycles. The van der Waals surface area contributed by atoms with E-state index in [1.807, 2.05) is 51.1 Å². The Kier molecular flexibility index (Phi) is 7.65. The highest BCUT2D eigenvalue weighted by molar-refractivity contribution is 7.99. The van der Waals surface area contributed by atoms with Crippen molar-refractivity contribution in [2.45, 2.75) is 51.7 Å². The number of carbonyl (C=O) groups is 1. The number of ether oxygens (including phenoxy) is 2. The van der Waals surface area contributed by atoms with Gasteiger partial charge in [-0.2, -0.15) is 10.5 Å². The minimum absolute atomic E-state index is 0.0576. The Labute approximate surface area is 203 Å². The molecule has 2 aromatic rings. The number of benzene rings is 1. The molecule has 1 atom stereocenters. The molecule has 0 radical (unpaired) electrons. The number of carbonyl (C=O) groups excluding carboxylic acids is 1. The SMILES string of the molecule is Cc1nc(SCC2=C(C(=O)OC(C)C)C(c3ccccc3)C(C#N)=C(N)O2)c(C#N)c(C)c1C. The number of allylic oxidation sites excluding steroid dienone is 1. The van der Waals surface area contributed by atoms with Crippen LogP contribution in [0.5, 0.6) is 0 Å². The van der Waals surface area contributed by atoms with Gasteiger partial charge in [-0.05, 0) is 51.3 Å². The lowest BCUT2D eigenvalue weighted by Gasteiger charge is -2.28. The molecule has 174 valence electrons. The molecule has 3 rings (SSSR count). The molecule has 34 heavy (non-hydrogen) atoms. The predicted octanol–water partition coefficient (Wildman–Crippen LogP) is 4.68. The summed E-state index contributed by atoms with van der Waals surface area (Å²) in [6, 6.07) is 13.5. The number of thioether (sulfide) groups is 1. The van der Waals surface area contributed by atoms with Crippen LogP contribution in [0.2, 0.25) is 0 Å². The maximum Gasteiger partial charge on any atom is 0.338 e. The molecule has 1 aliphatic rings. The summed E-state index contributed by atoms with van der Waals surface area (Å²) in [4.78, 5) is 17.8. The molecule has 2 heterocycles. The Morgan fingerprint density at radius 2 is 1.85 bits per heavy atom. The molecular formula is C26H26N4O3S. The maximum atomic E-state index is 13.2. The quantitative estimate of drug-likeness (QED) is 0.473. The van der Waals surface area contributed by atoms with E-state index in [2.05, 4.69) is 17.1 Å². The molecule has 0 saturated heterocycles. The summed E-state index contributed by atoms with van der Waals surface area (Å²) >= 11 is 1.28. The Morgan fingerprint density at radius 3 is 2.44 bits per heavy atom. The normalized spacial score (nSPS) is 15.6. The first-order valence-corrected chi connectivity index (χ1v) is 11.7. The predicted molar refractivity (Wildman–Crippen MR) is 129 cm³/mol. The highest BCUT2D eigenvalue weighted by Crippen LogP contribution is 2.41. The van der Waals surface area contributed by atoms with Crippen LogP contribution in [0.1, 0.15) is 47.7 Å². The van der Waals surface area contributed by atoms with Crippen LogP contribution in [0.4, 0.5) is 0 Å². The van der Waals surface area contributed by atoms with E-state index < -0.39 is 11.9 Å². The third-order valence-corrected chi connectivity index (χ3v) is 6.58. The maximum absolute atomic E-state index is 13.2. The fourth-order valence-corrected chi connectivity index (χ4v) is 4.71. The first kappa shape index (κ1) is 24.9. The van der Waals surface area contributed by atoms with Crippen molar-refractivity contribution < 1.29 is 14.3 Å². The number of esters is 1. The fraction of sp³-hybridized carbons (Fsp3) is 0.308. The zero-order valence-electron chi connectivity index (χ0n) is 19.8. The number of aryl methyl sites for hydroxylation is 1. The first-order chi connectivity index (χ1) is 16.2. The molecule has 0 amide bonds. The summed E-state index contributed by atoms with van der Waals surface area (Å²) in [6.07, 6.45) is -0.367. The van der Waals surface area contributed by atoms with Gasteiger partial charge in [0.25, 0.3) is 0 Å². The molecule has 0 bridgehead atoms. The standard InChI is InChI=1S/C26H26N4O3S/c1-14(2)32-26(31)23-21(13-34-25-19(11-27)16(4)15(3)17(5)30-25)33-24(29)20(12-28)22(23)18-9-7-6-8-10-18/h6-10,14,22H,13,29H2,1-5H3. The van der Waals surface area contributed by atoms with Gasteiger partial charge in [0.1, 0.15) is 28.5 Å². The Hall–Kier alpha value is -3.75. The highest BCUT2D eigenvalue weighted by Gasteiger charge is 2.38. The average Bonchev–Trinajstić information content (AvgIpc) is 2.80. The highest BCUT2D eigenvalue weighted by atomic mass is 32.2. The van der Waals surface area contributed by atoms with E-state index >= 15 is 0 Å². The lowest BCUT2D eigenvalue weighted by atomic mass is 9.83. The van der Waals surface area contributed by atoms with Gasteiger partial charge in [0.2, 0.25) is 5.88 Å². The zero-order chi connectivity index (χ0) is 25.0. The van der Waals surface area contributed by atoms with Gasteiger partial charge in [0.05, 0.1) is 28.9 Å². The van der Waals surface area contributed by atoms with Crippen molar-refractivity contribution in [2.24, 2.45) is 5.73 Å². The van der Waals surface area contributed by atoms with Crippen molar-refractivity contribution in [3.63, 3.8) is 0 Å². The van der Waals surface area contributed by atoms with Gasteiger partial charge >= 0.3 is 5.97 Å². The summed E-state index contributed by atoms with van der Waals surface area (Å²) in [5.74, 6) is -0.911. The summed E-state index contributed by atoms with van der Waals surface area (Å²) < 4.78 is 11.3. The number of hydrogen-bond donors (Lipinski definition) is 1. The molecule has 1 unspecified atom stereocenters. The molecule has 7 nitrogen and oxygen atoms in total. The van der Waals surface area contributed by atoms with E-state index in [9.17, 15) is 15.3 Å². The third kappa shape index (κ3) is 4.93. The topological polar surface area (TPSA) is 122 Å². The number of rotatable bonds is 6. The second-order valence-corrected chi connectivity index (χ2v) is 9.12. The van der Waals surface area contributed by atoms with E-state index in [0.29, 0.717) is 10.6 Å². The van der Waals surface area contributed by atoms with E-state index in [1.165, 1.54) is 11.8 Å². The van der Waals surface area contributed by atoms with Crippen molar-refractivity contribution in [3.05, 3.63) is 81.1 Å². The number of pyridine rings is 1. The second kappa shape index (κ2) is 10.5. The van der Waals surface area contributed by atoms with Crippen molar-refractivity contribution in [2.75, 3.05) is 5.75 Å². The minimum Gasteiger partial charge on any atom is -0.459 e. The molecule has 0 spiro atoms. The van der Waals surface area contributed by atoms with Crippen LogP contribution in [0.25, 0.3) is 0 Å². The van der Waals surface area contributed by atoms with Crippen LogP contribution < -0.4 is 5.73 Å². The van der Waals surface area contributed by atoms with Gasteiger partial charge in [-0.3, -0.25) is 0 Å². The fourth-order valence-electron chi connectivity index (χ4n) is 3.69. The third-order valence-electron chi connectivity index (χ3n) is 5.61. The average molecular weight is 475 g/mol. The van der Waals surface area contributed by atoms with Gasteiger partial charge in [-0.1, -0.05) is 42.1 Å². The van der Waals surface area contributed by atoms with E-state index in [4.69, 9.17) is 15.2 Å². The number of aromatic nitrogens is 1.